The third-order valence-corrected chi connectivity index (χ3v) is 3.71. The molecule has 2 amide bonds. The van der Waals surface area contributed by atoms with Gasteiger partial charge in [-0.3, -0.25) is 0 Å². The Kier molecular flexibility index (Phi) is 5.45. The van der Waals surface area contributed by atoms with E-state index in [-0.39, 0.29) is 12.1 Å². The number of carbonyl (C=O) groups is 1. The molecule has 0 aliphatic heterocycles. The number of aryl methyl sites for hydroxylation is 2. The molecule has 0 saturated carbocycles. The molecule has 1 atom stereocenters. The minimum absolute atomic E-state index is 0.0381. The number of hydrogen-bond donors (Lipinski definition) is 2. The highest BCUT2D eigenvalue weighted by atomic mass is 35.5. The van der Waals surface area contributed by atoms with E-state index in [9.17, 15) is 4.79 Å². The van der Waals surface area contributed by atoms with Crippen LogP contribution in [0.15, 0.2) is 42.5 Å². The summed E-state index contributed by atoms with van der Waals surface area (Å²) in [5, 5.41) is 6.50. The van der Waals surface area contributed by atoms with Crippen molar-refractivity contribution < 1.29 is 4.79 Å². The van der Waals surface area contributed by atoms with Crippen LogP contribution in [0, 0.1) is 13.8 Å². The molecule has 2 rings (SSSR count). The molecule has 116 valence electrons. The Morgan fingerprint density at radius 3 is 2.27 bits per heavy atom. The molecule has 3 nitrogen and oxygen atoms in total. The second-order valence-corrected chi connectivity index (χ2v) is 6.03. The molecule has 1 unspecified atom stereocenters. The van der Waals surface area contributed by atoms with E-state index in [0.29, 0.717) is 11.6 Å². The van der Waals surface area contributed by atoms with E-state index < -0.39 is 0 Å². The maximum atomic E-state index is 12.0. The van der Waals surface area contributed by atoms with Crippen LogP contribution in [0.3, 0.4) is 0 Å². The van der Waals surface area contributed by atoms with Gasteiger partial charge >= 0.3 is 6.03 Å². The van der Waals surface area contributed by atoms with Gasteiger partial charge < -0.3 is 10.6 Å². The zero-order valence-electron chi connectivity index (χ0n) is 13.1. The molecule has 2 aromatic carbocycles. The topological polar surface area (TPSA) is 41.1 Å². The van der Waals surface area contributed by atoms with Crippen molar-refractivity contribution in [3.8, 4) is 0 Å². The first-order valence-electron chi connectivity index (χ1n) is 7.31. The molecule has 0 fully saturated rings. The number of benzene rings is 2. The Morgan fingerprint density at radius 2 is 1.68 bits per heavy atom. The molecule has 0 saturated heterocycles. The normalized spacial score (nSPS) is 11.8. The Labute approximate surface area is 136 Å². The van der Waals surface area contributed by atoms with Gasteiger partial charge in [-0.1, -0.05) is 53.1 Å². The average Bonchev–Trinajstić information content (AvgIpc) is 2.45. The molecular formula is C18H21ClN2O. The quantitative estimate of drug-likeness (QED) is 0.855. The Morgan fingerprint density at radius 1 is 1.09 bits per heavy atom. The van der Waals surface area contributed by atoms with Gasteiger partial charge in [0.2, 0.25) is 0 Å². The number of amides is 2. The van der Waals surface area contributed by atoms with E-state index in [0.717, 1.165) is 11.1 Å². The minimum Gasteiger partial charge on any atom is -0.334 e. The SMILES string of the molecule is Cc1cc(C)cc(C(C)NC(=O)NCc2ccc(Cl)cc2)c1. The summed E-state index contributed by atoms with van der Waals surface area (Å²) in [6.45, 7) is 6.58. The largest absolute Gasteiger partial charge is 0.334 e. The molecule has 0 radical (unpaired) electrons. The lowest BCUT2D eigenvalue weighted by Gasteiger charge is -2.16. The van der Waals surface area contributed by atoms with Crippen LogP contribution in [-0.2, 0) is 6.54 Å². The number of carbonyl (C=O) groups excluding carboxylic acids is 1. The highest BCUT2D eigenvalue weighted by Crippen LogP contribution is 2.16. The second kappa shape index (κ2) is 7.32. The summed E-state index contributed by atoms with van der Waals surface area (Å²) in [7, 11) is 0. The number of nitrogens with one attached hydrogen (secondary N) is 2. The van der Waals surface area contributed by atoms with Crippen molar-refractivity contribution in [3.05, 3.63) is 69.7 Å². The van der Waals surface area contributed by atoms with Crippen LogP contribution in [0.4, 0.5) is 4.79 Å². The third kappa shape index (κ3) is 4.78. The summed E-state index contributed by atoms with van der Waals surface area (Å²) in [6.07, 6.45) is 0. The fourth-order valence-corrected chi connectivity index (χ4v) is 2.50. The summed E-state index contributed by atoms with van der Waals surface area (Å²) in [5.74, 6) is 0. The van der Waals surface area contributed by atoms with Crippen molar-refractivity contribution in [2.75, 3.05) is 0 Å². The Hall–Kier alpha value is -2.00. The van der Waals surface area contributed by atoms with Gasteiger partial charge in [-0.05, 0) is 44.0 Å². The molecular weight excluding hydrogens is 296 g/mol. The van der Waals surface area contributed by atoms with Gasteiger partial charge in [-0.15, -0.1) is 0 Å². The van der Waals surface area contributed by atoms with Gasteiger partial charge in [0, 0.05) is 11.6 Å². The molecule has 0 spiro atoms. The fourth-order valence-electron chi connectivity index (χ4n) is 2.38. The lowest BCUT2D eigenvalue weighted by atomic mass is 10.0. The first-order chi connectivity index (χ1) is 10.4. The monoisotopic (exact) mass is 316 g/mol. The number of urea groups is 1. The molecule has 22 heavy (non-hydrogen) atoms. The zero-order chi connectivity index (χ0) is 16.1. The van der Waals surface area contributed by atoms with Crippen LogP contribution in [-0.4, -0.2) is 6.03 Å². The molecule has 2 N–H and O–H groups in total. The van der Waals surface area contributed by atoms with E-state index in [4.69, 9.17) is 11.6 Å². The number of rotatable bonds is 4. The minimum atomic E-state index is -0.179. The highest BCUT2D eigenvalue weighted by Gasteiger charge is 2.10. The molecule has 0 aromatic heterocycles. The highest BCUT2D eigenvalue weighted by molar-refractivity contribution is 6.30. The number of hydrogen-bond acceptors (Lipinski definition) is 1. The van der Waals surface area contributed by atoms with Crippen LogP contribution >= 0.6 is 11.6 Å². The average molecular weight is 317 g/mol. The molecule has 4 heteroatoms. The van der Waals surface area contributed by atoms with Gasteiger partial charge in [0.1, 0.15) is 0 Å². The van der Waals surface area contributed by atoms with Crippen molar-refractivity contribution in [2.24, 2.45) is 0 Å². The summed E-state index contributed by atoms with van der Waals surface area (Å²) in [6, 6.07) is 13.5. The van der Waals surface area contributed by atoms with Crippen molar-refractivity contribution in [1.82, 2.24) is 10.6 Å². The summed E-state index contributed by atoms with van der Waals surface area (Å²) >= 11 is 5.84. The van der Waals surface area contributed by atoms with Crippen molar-refractivity contribution in [3.63, 3.8) is 0 Å². The van der Waals surface area contributed by atoms with Gasteiger partial charge in [0.15, 0.2) is 0 Å². The predicted molar refractivity (Wildman–Crippen MR) is 91.2 cm³/mol. The van der Waals surface area contributed by atoms with Crippen LogP contribution in [0.25, 0.3) is 0 Å². The smallest absolute Gasteiger partial charge is 0.315 e. The summed E-state index contributed by atoms with van der Waals surface area (Å²) in [5.41, 5.74) is 4.52. The third-order valence-electron chi connectivity index (χ3n) is 3.46. The van der Waals surface area contributed by atoms with Gasteiger partial charge in [0.25, 0.3) is 0 Å². The van der Waals surface area contributed by atoms with Gasteiger partial charge in [-0.25, -0.2) is 4.79 Å². The van der Waals surface area contributed by atoms with Gasteiger partial charge in [-0.2, -0.15) is 0 Å². The predicted octanol–water partition coefficient (Wildman–Crippen LogP) is 4.52. The molecule has 0 aliphatic carbocycles. The molecule has 0 aliphatic rings. The maximum absolute atomic E-state index is 12.0. The van der Waals surface area contributed by atoms with Crippen molar-refractivity contribution >= 4 is 17.6 Å². The first kappa shape index (κ1) is 16.4. The van der Waals surface area contributed by atoms with Crippen LogP contribution < -0.4 is 10.6 Å². The maximum Gasteiger partial charge on any atom is 0.315 e. The van der Waals surface area contributed by atoms with Crippen molar-refractivity contribution in [1.29, 1.82) is 0 Å². The van der Waals surface area contributed by atoms with E-state index in [2.05, 4.69) is 42.7 Å². The van der Waals surface area contributed by atoms with E-state index in [1.54, 1.807) is 0 Å². The zero-order valence-corrected chi connectivity index (χ0v) is 13.9. The first-order valence-corrected chi connectivity index (χ1v) is 7.69. The number of halogens is 1. The van der Waals surface area contributed by atoms with E-state index >= 15 is 0 Å². The van der Waals surface area contributed by atoms with E-state index in [1.165, 1.54) is 11.1 Å². The molecule has 0 heterocycles. The van der Waals surface area contributed by atoms with Crippen LogP contribution in [0.5, 0.6) is 0 Å². The lowest BCUT2D eigenvalue weighted by molar-refractivity contribution is 0.237. The van der Waals surface area contributed by atoms with Crippen molar-refractivity contribution in [2.45, 2.75) is 33.4 Å². The fraction of sp³-hybridized carbons (Fsp3) is 0.278. The summed E-state index contributed by atoms with van der Waals surface area (Å²) in [4.78, 5) is 12.0. The second-order valence-electron chi connectivity index (χ2n) is 5.60. The van der Waals surface area contributed by atoms with E-state index in [1.807, 2.05) is 31.2 Å². The summed E-state index contributed by atoms with van der Waals surface area (Å²) < 4.78 is 0. The van der Waals surface area contributed by atoms with Gasteiger partial charge in [0.05, 0.1) is 6.04 Å². The molecule has 0 bridgehead atoms. The Balaban J connectivity index is 1.89. The molecule has 2 aromatic rings. The van der Waals surface area contributed by atoms with Crippen LogP contribution in [0.2, 0.25) is 5.02 Å². The van der Waals surface area contributed by atoms with Crippen LogP contribution in [0.1, 0.15) is 35.2 Å². The lowest BCUT2D eigenvalue weighted by Crippen LogP contribution is -2.36. The Bertz CT molecular complexity index is 632. The standard InChI is InChI=1S/C18H21ClN2O/c1-12-8-13(2)10-16(9-12)14(3)21-18(22)20-11-15-4-6-17(19)7-5-15/h4-10,14H,11H2,1-3H3,(H2,20,21,22).